The molecule has 0 saturated carbocycles. The molecular formula is C11H13N3O2. The number of aromatic nitrogens is 2. The van der Waals surface area contributed by atoms with Crippen LogP contribution in [-0.4, -0.2) is 16.7 Å². The first-order valence-corrected chi connectivity index (χ1v) is 5.01. The van der Waals surface area contributed by atoms with Gasteiger partial charge in [-0.25, -0.2) is 0 Å². The predicted octanol–water partition coefficient (Wildman–Crippen LogP) is 1.58. The van der Waals surface area contributed by atoms with Crippen molar-refractivity contribution in [1.82, 2.24) is 10.1 Å². The van der Waals surface area contributed by atoms with Crippen LogP contribution < -0.4 is 10.5 Å². The topological polar surface area (TPSA) is 74.2 Å². The van der Waals surface area contributed by atoms with Crippen LogP contribution in [0.1, 0.15) is 11.7 Å². The average molecular weight is 219 g/mol. The molecule has 5 heteroatoms. The highest BCUT2D eigenvalue weighted by Gasteiger charge is 2.02. The number of anilines is 1. The van der Waals surface area contributed by atoms with Gasteiger partial charge >= 0.3 is 0 Å². The van der Waals surface area contributed by atoms with Gasteiger partial charge in [-0.3, -0.25) is 0 Å². The Labute approximate surface area is 93.2 Å². The third-order valence-corrected chi connectivity index (χ3v) is 2.03. The zero-order chi connectivity index (χ0) is 11.4. The molecule has 1 aromatic heterocycles. The molecule has 0 unspecified atom stereocenters. The molecule has 0 spiro atoms. The van der Waals surface area contributed by atoms with Gasteiger partial charge in [-0.15, -0.1) is 0 Å². The lowest BCUT2D eigenvalue weighted by molar-refractivity contribution is 0.292. The molecule has 0 atom stereocenters. The molecule has 5 nitrogen and oxygen atoms in total. The Hall–Kier alpha value is -2.04. The Bertz CT molecular complexity index is 451. The molecule has 0 fully saturated rings. The third kappa shape index (κ3) is 2.73. The van der Waals surface area contributed by atoms with E-state index in [0.717, 1.165) is 11.4 Å². The molecule has 1 heterocycles. The molecule has 0 radical (unpaired) electrons. The minimum atomic E-state index is 0.506. The van der Waals surface area contributed by atoms with Crippen molar-refractivity contribution in [2.75, 3.05) is 12.3 Å². The van der Waals surface area contributed by atoms with E-state index in [-0.39, 0.29) is 0 Å². The van der Waals surface area contributed by atoms with Crippen LogP contribution in [0, 0.1) is 6.92 Å². The van der Waals surface area contributed by atoms with Gasteiger partial charge in [0.25, 0.3) is 0 Å². The normalized spacial score (nSPS) is 10.3. The van der Waals surface area contributed by atoms with Crippen LogP contribution >= 0.6 is 0 Å². The summed E-state index contributed by atoms with van der Waals surface area (Å²) in [4.78, 5) is 4.08. The van der Waals surface area contributed by atoms with Gasteiger partial charge in [-0.05, 0) is 31.2 Å². The molecule has 2 N–H and O–H groups in total. The second kappa shape index (κ2) is 4.65. The van der Waals surface area contributed by atoms with Crippen molar-refractivity contribution in [2.24, 2.45) is 0 Å². The van der Waals surface area contributed by atoms with Gasteiger partial charge in [-0.2, -0.15) is 4.98 Å². The number of ether oxygens (including phenoxy) is 1. The molecule has 1 aromatic carbocycles. The summed E-state index contributed by atoms with van der Waals surface area (Å²) < 4.78 is 10.5. The van der Waals surface area contributed by atoms with E-state index in [4.69, 9.17) is 15.0 Å². The van der Waals surface area contributed by atoms with Crippen molar-refractivity contribution in [3.8, 4) is 5.75 Å². The van der Waals surface area contributed by atoms with Gasteiger partial charge in [0.1, 0.15) is 5.75 Å². The highest BCUT2D eigenvalue weighted by atomic mass is 16.5. The number of nitrogens with two attached hydrogens (primary N) is 1. The van der Waals surface area contributed by atoms with Gasteiger partial charge in [-0.1, -0.05) is 5.16 Å². The summed E-state index contributed by atoms with van der Waals surface area (Å²) in [5.74, 6) is 2.01. The number of hydrogen-bond donors (Lipinski definition) is 1. The molecule has 16 heavy (non-hydrogen) atoms. The Balaban J connectivity index is 1.82. The highest BCUT2D eigenvalue weighted by Crippen LogP contribution is 2.13. The monoisotopic (exact) mass is 219 g/mol. The van der Waals surface area contributed by atoms with E-state index in [1.165, 1.54) is 0 Å². The van der Waals surface area contributed by atoms with Gasteiger partial charge in [0.2, 0.25) is 5.89 Å². The van der Waals surface area contributed by atoms with Crippen molar-refractivity contribution in [1.29, 1.82) is 0 Å². The molecule has 0 amide bonds. The van der Waals surface area contributed by atoms with E-state index in [2.05, 4.69) is 10.1 Å². The molecule has 2 aromatic rings. The smallest absolute Gasteiger partial charge is 0.230 e. The average Bonchev–Trinajstić information content (AvgIpc) is 2.67. The van der Waals surface area contributed by atoms with Gasteiger partial charge in [0, 0.05) is 5.69 Å². The Kier molecular flexibility index (Phi) is 3.05. The fourth-order valence-electron chi connectivity index (χ4n) is 1.26. The first kappa shape index (κ1) is 10.5. The summed E-state index contributed by atoms with van der Waals surface area (Å²) in [6.07, 6.45) is 0.602. The second-order valence-electron chi connectivity index (χ2n) is 3.40. The van der Waals surface area contributed by atoms with E-state index >= 15 is 0 Å². The standard InChI is InChI=1S/C11H13N3O2/c1-8-13-11(16-14-8)6-7-15-10-4-2-9(12)3-5-10/h2-5H,6-7,12H2,1H3. The number of rotatable bonds is 4. The molecule has 0 aliphatic rings. The van der Waals surface area contributed by atoms with E-state index in [0.29, 0.717) is 24.7 Å². The maximum atomic E-state index is 5.56. The Morgan fingerprint density at radius 3 is 2.69 bits per heavy atom. The van der Waals surface area contributed by atoms with Crippen molar-refractivity contribution < 1.29 is 9.26 Å². The van der Waals surface area contributed by atoms with Crippen LogP contribution in [0.25, 0.3) is 0 Å². The van der Waals surface area contributed by atoms with E-state index in [1.54, 1.807) is 19.1 Å². The zero-order valence-electron chi connectivity index (χ0n) is 9.01. The van der Waals surface area contributed by atoms with Crippen LogP contribution in [0.4, 0.5) is 5.69 Å². The van der Waals surface area contributed by atoms with E-state index < -0.39 is 0 Å². The van der Waals surface area contributed by atoms with E-state index in [9.17, 15) is 0 Å². The number of aryl methyl sites for hydroxylation is 1. The van der Waals surface area contributed by atoms with Crippen LogP contribution in [-0.2, 0) is 6.42 Å². The maximum Gasteiger partial charge on any atom is 0.230 e. The lowest BCUT2D eigenvalue weighted by Crippen LogP contribution is -2.01. The molecule has 0 aliphatic carbocycles. The highest BCUT2D eigenvalue weighted by molar-refractivity contribution is 5.41. The minimum Gasteiger partial charge on any atom is -0.493 e. The SMILES string of the molecule is Cc1noc(CCOc2ccc(N)cc2)n1. The second-order valence-corrected chi connectivity index (χ2v) is 3.40. The lowest BCUT2D eigenvalue weighted by atomic mass is 10.3. The fraction of sp³-hybridized carbons (Fsp3) is 0.273. The van der Waals surface area contributed by atoms with Gasteiger partial charge in [0.05, 0.1) is 13.0 Å². The first-order valence-electron chi connectivity index (χ1n) is 5.01. The number of benzene rings is 1. The third-order valence-electron chi connectivity index (χ3n) is 2.03. The molecule has 0 bridgehead atoms. The van der Waals surface area contributed by atoms with E-state index in [1.807, 2.05) is 12.1 Å². The van der Waals surface area contributed by atoms with Crippen LogP contribution in [0.3, 0.4) is 0 Å². The summed E-state index contributed by atoms with van der Waals surface area (Å²) >= 11 is 0. The largest absolute Gasteiger partial charge is 0.493 e. The van der Waals surface area contributed by atoms with Crippen LogP contribution in [0.5, 0.6) is 5.75 Å². The van der Waals surface area contributed by atoms with Crippen molar-refractivity contribution in [2.45, 2.75) is 13.3 Å². The summed E-state index contributed by atoms with van der Waals surface area (Å²) in [7, 11) is 0. The molecule has 0 aliphatic heterocycles. The maximum absolute atomic E-state index is 5.56. The van der Waals surface area contributed by atoms with Crippen molar-refractivity contribution >= 4 is 5.69 Å². The Morgan fingerprint density at radius 1 is 1.31 bits per heavy atom. The molecular weight excluding hydrogens is 206 g/mol. The number of nitrogens with zero attached hydrogens (tertiary/aromatic N) is 2. The Morgan fingerprint density at radius 2 is 2.06 bits per heavy atom. The zero-order valence-corrected chi connectivity index (χ0v) is 9.01. The van der Waals surface area contributed by atoms with Crippen LogP contribution in [0.2, 0.25) is 0 Å². The summed E-state index contributed by atoms with van der Waals surface area (Å²) in [5, 5.41) is 3.70. The van der Waals surface area contributed by atoms with Crippen LogP contribution in [0.15, 0.2) is 28.8 Å². The van der Waals surface area contributed by atoms with Crippen molar-refractivity contribution in [3.63, 3.8) is 0 Å². The lowest BCUT2D eigenvalue weighted by Gasteiger charge is -2.03. The molecule has 84 valence electrons. The molecule has 2 rings (SSSR count). The summed E-state index contributed by atoms with van der Waals surface area (Å²) in [6.45, 7) is 2.29. The first-order chi connectivity index (χ1) is 7.74. The minimum absolute atomic E-state index is 0.506. The summed E-state index contributed by atoms with van der Waals surface area (Å²) in [5.41, 5.74) is 6.28. The number of hydrogen-bond acceptors (Lipinski definition) is 5. The van der Waals surface area contributed by atoms with Crippen molar-refractivity contribution in [3.05, 3.63) is 36.0 Å². The quantitative estimate of drug-likeness (QED) is 0.790. The molecule has 0 saturated heterocycles. The summed E-state index contributed by atoms with van der Waals surface area (Å²) in [6, 6.07) is 7.25. The predicted molar refractivity (Wildman–Crippen MR) is 59.1 cm³/mol. The van der Waals surface area contributed by atoms with Gasteiger partial charge < -0.3 is 15.0 Å². The number of nitrogen functional groups attached to an aromatic ring is 1. The van der Waals surface area contributed by atoms with Gasteiger partial charge in [0.15, 0.2) is 5.82 Å². The fourth-order valence-corrected chi connectivity index (χ4v) is 1.26.